The van der Waals surface area contributed by atoms with Gasteiger partial charge in [-0.2, -0.15) is 0 Å². The number of thiazole rings is 1. The van der Waals surface area contributed by atoms with Gasteiger partial charge in [0.25, 0.3) is 0 Å². The second-order valence-corrected chi connectivity index (χ2v) is 6.21. The molecule has 2 aliphatic carbocycles. The maximum absolute atomic E-state index is 11.0. The Labute approximate surface area is 104 Å². The number of aryl methyl sites for hydroxylation is 1. The third-order valence-electron chi connectivity index (χ3n) is 3.37. The van der Waals surface area contributed by atoms with E-state index in [4.69, 9.17) is 5.11 Å². The monoisotopic (exact) mass is 252 g/mol. The summed E-state index contributed by atoms with van der Waals surface area (Å²) >= 11 is 1.52. The lowest BCUT2D eigenvalue weighted by atomic mass is 10.3. The van der Waals surface area contributed by atoms with Crippen molar-refractivity contribution < 1.29 is 9.90 Å². The van der Waals surface area contributed by atoms with Gasteiger partial charge in [0.15, 0.2) is 10.8 Å². The number of aromatic nitrogens is 1. The molecule has 0 aromatic carbocycles. The van der Waals surface area contributed by atoms with Gasteiger partial charge in [-0.05, 0) is 38.5 Å². The molecule has 17 heavy (non-hydrogen) atoms. The van der Waals surface area contributed by atoms with E-state index < -0.39 is 5.97 Å². The van der Waals surface area contributed by atoms with Gasteiger partial charge in [-0.15, -0.1) is 11.3 Å². The molecule has 1 aromatic heterocycles. The van der Waals surface area contributed by atoms with Gasteiger partial charge in [0.1, 0.15) is 0 Å². The van der Waals surface area contributed by atoms with Crippen molar-refractivity contribution in [3.63, 3.8) is 0 Å². The van der Waals surface area contributed by atoms with Gasteiger partial charge < -0.3 is 10.0 Å². The first-order valence-corrected chi connectivity index (χ1v) is 6.94. The lowest BCUT2D eigenvalue weighted by Gasteiger charge is -2.20. The summed E-state index contributed by atoms with van der Waals surface area (Å²) < 4.78 is 0. The average Bonchev–Trinajstić information content (AvgIpc) is 3.14. The van der Waals surface area contributed by atoms with Crippen LogP contribution in [0.4, 0.5) is 5.13 Å². The Bertz CT molecular complexity index is 449. The molecule has 0 unspecified atom stereocenters. The fourth-order valence-electron chi connectivity index (χ4n) is 2.05. The standard InChI is InChI=1S/C12H16N2O2S/c1-7-10(11(15)16)13-12(17-7)14(9-4-5-9)6-8-2-3-8/h8-9H,2-6H2,1H3,(H,15,16). The molecule has 2 saturated carbocycles. The Morgan fingerprint density at radius 2 is 2.18 bits per heavy atom. The number of hydrogen-bond donors (Lipinski definition) is 1. The molecule has 1 heterocycles. The van der Waals surface area contributed by atoms with Crippen molar-refractivity contribution in [2.24, 2.45) is 5.92 Å². The minimum Gasteiger partial charge on any atom is -0.476 e. The van der Waals surface area contributed by atoms with Crippen molar-refractivity contribution in [2.75, 3.05) is 11.4 Å². The zero-order valence-electron chi connectivity index (χ0n) is 9.85. The Morgan fingerprint density at radius 1 is 1.47 bits per heavy atom. The highest BCUT2D eigenvalue weighted by Crippen LogP contribution is 2.39. The number of rotatable bonds is 5. The average molecular weight is 252 g/mol. The quantitative estimate of drug-likeness (QED) is 0.875. The molecule has 4 nitrogen and oxygen atoms in total. The van der Waals surface area contributed by atoms with Crippen LogP contribution in [-0.2, 0) is 0 Å². The van der Waals surface area contributed by atoms with E-state index in [0.717, 1.165) is 22.5 Å². The van der Waals surface area contributed by atoms with Crippen LogP contribution in [0.15, 0.2) is 0 Å². The lowest BCUT2D eigenvalue weighted by molar-refractivity contribution is 0.0690. The van der Waals surface area contributed by atoms with Crippen LogP contribution in [0, 0.1) is 12.8 Å². The molecule has 3 rings (SSSR count). The molecule has 0 aliphatic heterocycles. The van der Waals surface area contributed by atoms with Crippen LogP contribution < -0.4 is 4.90 Å². The van der Waals surface area contributed by atoms with E-state index in [2.05, 4.69) is 9.88 Å². The molecule has 0 saturated heterocycles. The van der Waals surface area contributed by atoms with E-state index in [1.807, 2.05) is 6.92 Å². The topological polar surface area (TPSA) is 53.4 Å². The van der Waals surface area contributed by atoms with Gasteiger partial charge >= 0.3 is 5.97 Å². The van der Waals surface area contributed by atoms with Crippen molar-refractivity contribution in [1.82, 2.24) is 4.98 Å². The summed E-state index contributed by atoms with van der Waals surface area (Å²) in [5.74, 6) is -0.0970. The maximum Gasteiger partial charge on any atom is 0.355 e. The van der Waals surface area contributed by atoms with Crippen LogP contribution in [0.25, 0.3) is 0 Å². The fourth-order valence-corrected chi connectivity index (χ4v) is 3.03. The second kappa shape index (κ2) is 3.98. The second-order valence-electron chi connectivity index (χ2n) is 5.03. The minimum absolute atomic E-state index is 0.228. The zero-order valence-corrected chi connectivity index (χ0v) is 10.7. The maximum atomic E-state index is 11.0. The molecule has 92 valence electrons. The third kappa shape index (κ3) is 2.29. The van der Waals surface area contributed by atoms with Crippen molar-refractivity contribution in [2.45, 2.75) is 38.6 Å². The smallest absolute Gasteiger partial charge is 0.355 e. The molecule has 1 aromatic rings. The van der Waals surface area contributed by atoms with Crippen molar-refractivity contribution in [3.05, 3.63) is 10.6 Å². The largest absolute Gasteiger partial charge is 0.476 e. The molecule has 0 amide bonds. The van der Waals surface area contributed by atoms with Gasteiger partial charge in [0, 0.05) is 17.5 Å². The number of nitrogens with zero attached hydrogens (tertiary/aromatic N) is 2. The summed E-state index contributed by atoms with van der Waals surface area (Å²) in [6.45, 7) is 2.91. The Balaban J connectivity index is 1.83. The SMILES string of the molecule is Cc1sc(N(CC2CC2)C2CC2)nc1C(=O)O. The molecule has 0 bridgehead atoms. The van der Waals surface area contributed by atoms with Crippen molar-refractivity contribution in [1.29, 1.82) is 0 Å². The molecule has 0 atom stereocenters. The van der Waals surface area contributed by atoms with E-state index >= 15 is 0 Å². The lowest BCUT2D eigenvalue weighted by Crippen LogP contribution is -2.27. The highest BCUT2D eigenvalue weighted by atomic mass is 32.1. The van der Waals surface area contributed by atoms with Crippen LogP contribution in [0.3, 0.4) is 0 Å². The van der Waals surface area contributed by atoms with Gasteiger partial charge in [0.2, 0.25) is 0 Å². The first-order chi connectivity index (χ1) is 8.15. The molecular formula is C12H16N2O2S. The van der Waals surface area contributed by atoms with Crippen molar-refractivity contribution in [3.8, 4) is 0 Å². The van der Waals surface area contributed by atoms with Crippen LogP contribution >= 0.6 is 11.3 Å². The molecule has 2 aliphatic rings. The summed E-state index contributed by atoms with van der Waals surface area (Å²) in [5.41, 5.74) is 0.228. The summed E-state index contributed by atoms with van der Waals surface area (Å²) in [6.07, 6.45) is 5.10. The molecule has 0 radical (unpaired) electrons. The van der Waals surface area contributed by atoms with Gasteiger partial charge in [0.05, 0.1) is 0 Å². The summed E-state index contributed by atoms with van der Waals surface area (Å²) in [7, 11) is 0. The van der Waals surface area contributed by atoms with Crippen LogP contribution in [-0.4, -0.2) is 28.6 Å². The summed E-state index contributed by atoms with van der Waals surface area (Å²) in [4.78, 5) is 18.4. The number of aromatic carboxylic acids is 1. The minimum atomic E-state index is -0.910. The van der Waals surface area contributed by atoms with Crippen LogP contribution in [0.1, 0.15) is 41.0 Å². The van der Waals surface area contributed by atoms with Crippen molar-refractivity contribution >= 4 is 22.4 Å². The fraction of sp³-hybridized carbons (Fsp3) is 0.667. The first-order valence-electron chi connectivity index (χ1n) is 6.12. The summed E-state index contributed by atoms with van der Waals surface area (Å²) in [6, 6.07) is 0.614. The van der Waals surface area contributed by atoms with Gasteiger partial charge in [-0.25, -0.2) is 9.78 Å². The molecule has 5 heteroatoms. The third-order valence-corrected chi connectivity index (χ3v) is 4.38. The van der Waals surface area contributed by atoms with Crippen LogP contribution in [0.5, 0.6) is 0 Å². The number of hydrogen-bond acceptors (Lipinski definition) is 4. The van der Waals surface area contributed by atoms with Crippen LogP contribution in [0.2, 0.25) is 0 Å². The van der Waals surface area contributed by atoms with Gasteiger partial charge in [-0.3, -0.25) is 0 Å². The predicted octanol–water partition coefficient (Wildman–Crippen LogP) is 2.53. The molecular weight excluding hydrogens is 236 g/mol. The normalized spacial score (nSPS) is 19.4. The summed E-state index contributed by atoms with van der Waals surface area (Å²) in [5, 5.41) is 9.95. The Morgan fingerprint density at radius 3 is 2.65 bits per heavy atom. The first kappa shape index (κ1) is 11.0. The van der Waals surface area contributed by atoms with E-state index in [0.29, 0.717) is 6.04 Å². The number of carbonyl (C=O) groups is 1. The number of carboxylic acid groups (broad SMARTS) is 1. The van der Waals surface area contributed by atoms with E-state index in [-0.39, 0.29) is 5.69 Å². The highest BCUT2D eigenvalue weighted by Gasteiger charge is 2.35. The highest BCUT2D eigenvalue weighted by molar-refractivity contribution is 7.15. The predicted molar refractivity (Wildman–Crippen MR) is 66.9 cm³/mol. The van der Waals surface area contributed by atoms with Gasteiger partial charge in [-0.1, -0.05) is 0 Å². The zero-order chi connectivity index (χ0) is 12.0. The molecule has 2 fully saturated rings. The number of carboxylic acids is 1. The Kier molecular flexibility index (Phi) is 2.58. The molecule has 1 N–H and O–H groups in total. The van der Waals surface area contributed by atoms with E-state index in [1.165, 1.54) is 37.0 Å². The Hall–Kier alpha value is -1.10. The van der Waals surface area contributed by atoms with E-state index in [9.17, 15) is 4.79 Å². The van der Waals surface area contributed by atoms with E-state index in [1.54, 1.807) is 0 Å². The number of anilines is 1. The molecule has 0 spiro atoms.